The zero-order valence-corrected chi connectivity index (χ0v) is 15.4. The van der Waals surface area contributed by atoms with Crippen molar-refractivity contribution in [3.05, 3.63) is 10.7 Å². The summed E-state index contributed by atoms with van der Waals surface area (Å²) < 4.78 is 12.0. The molecule has 0 amide bonds. The number of carbonyl (C=O) groups excluding carboxylic acids is 1. The second kappa shape index (κ2) is 10.6. The topological polar surface area (TPSA) is 53.4 Å². The zero-order chi connectivity index (χ0) is 17.2. The van der Waals surface area contributed by atoms with Gasteiger partial charge in [0.25, 0.3) is 5.88 Å². The Bertz CT molecular complexity index is 439. The maximum Gasteiger partial charge on any atom is 0.252 e. The summed E-state index contributed by atoms with van der Waals surface area (Å²) in [6.45, 7) is 12.1. The summed E-state index contributed by atoms with van der Waals surface area (Å²) in [5.74, 6) is 0.318. The molecule has 1 aromatic rings. The Balaban J connectivity index is 0.00000211. The molecular formula is C16H29ClN2O3. The van der Waals surface area contributed by atoms with Crippen molar-refractivity contribution in [3.63, 3.8) is 0 Å². The highest BCUT2D eigenvalue weighted by molar-refractivity contribution is 6.34. The molecule has 0 atom stereocenters. The Kier molecular flexibility index (Phi) is 10.1. The Labute approximate surface area is 138 Å². The predicted octanol–water partition coefficient (Wildman–Crippen LogP) is 4.23. The van der Waals surface area contributed by atoms with Gasteiger partial charge in [0, 0.05) is 26.7 Å². The summed E-state index contributed by atoms with van der Waals surface area (Å²) in [5, 5.41) is 4.56. The fraction of sp³-hybridized carbons (Fsp3) is 0.750. The van der Waals surface area contributed by atoms with Gasteiger partial charge in [-0.15, -0.1) is 5.10 Å². The quantitative estimate of drug-likeness (QED) is 0.528. The van der Waals surface area contributed by atoms with Crippen LogP contribution < -0.4 is 4.74 Å². The van der Waals surface area contributed by atoms with Crippen molar-refractivity contribution < 1.29 is 14.3 Å². The summed E-state index contributed by atoms with van der Waals surface area (Å²) in [6.07, 6.45) is 2.37. The molecule has 0 bridgehead atoms. The Hall–Kier alpha value is -1.07. The van der Waals surface area contributed by atoms with Crippen molar-refractivity contribution in [2.45, 2.75) is 54.0 Å². The second-order valence-electron chi connectivity index (χ2n) is 5.85. The normalized spacial score (nSPS) is 10.9. The summed E-state index contributed by atoms with van der Waals surface area (Å²) in [6, 6.07) is 0. The first kappa shape index (κ1) is 20.9. The Morgan fingerprint density at radius 1 is 1.27 bits per heavy atom. The van der Waals surface area contributed by atoms with Gasteiger partial charge in [-0.2, -0.15) is 0 Å². The van der Waals surface area contributed by atoms with E-state index in [1.54, 1.807) is 11.8 Å². The summed E-state index contributed by atoms with van der Waals surface area (Å²) in [7, 11) is 1.64. The minimum absolute atomic E-state index is 0.165. The molecule has 6 heteroatoms. The van der Waals surface area contributed by atoms with Crippen LogP contribution in [0.5, 0.6) is 5.88 Å². The van der Waals surface area contributed by atoms with Gasteiger partial charge in [-0.1, -0.05) is 46.2 Å². The van der Waals surface area contributed by atoms with E-state index in [1.165, 1.54) is 0 Å². The predicted molar refractivity (Wildman–Crippen MR) is 90.0 cm³/mol. The van der Waals surface area contributed by atoms with E-state index in [-0.39, 0.29) is 10.4 Å². The third kappa shape index (κ3) is 7.27. The molecule has 5 nitrogen and oxygen atoms in total. The van der Waals surface area contributed by atoms with Crippen LogP contribution in [-0.2, 0) is 11.3 Å². The molecule has 22 heavy (non-hydrogen) atoms. The van der Waals surface area contributed by atoms with Crippen LogP contribution in [0, 0.1) is 5.41 Å². The summed E-state index contributed by atoms with van der Waals surface area (Å²) in [4.78, 5) is 11.1. The number of ether oxygens (including phenoxy) is 2. The second-order valence-corrected chi connectivity index (χ2v) is 6.23. The largest absolute Gasteiger partial charge is 0.475 e. The third-order valence-electron chi connectivity index (χ3n) is 2.82. The number of rotatable bonds is 8. The van der Waals surface area contributed by atoms with E-state index >= 15 is 0 Å². The first-order chi connectivity index (χ1) is 10.4. The van der Waals surface area contributed by atoms with Crippen molar-refractivity contribution in [2.75, 3.05) is 20.3 Å². The SMILES string of the molecule is CC.COCCCOc1nn(CCC(C)(C)C)c(C=O)c1Cl. The van der Waals surface area contributed by atoms with Crippen molar-refractivity contribution in [1.29, 1.82) is 0 Å². The molecule has 0 aliphatic rings. The summed E-state index contributed by atoms with van der Waals surface area (Å²) >= 11 is 6.12. The minimum Gasteiger partial charge on any atom is -0.475 e. The molecule has 0 aliphatic carbocycles. The van der Waals surface area contributed by atoms with E-state index in [0.29, 0.717) is 31.3 Å². The number of aldehydes is 1. The van der Waals surface area contributed by atoms with Gasteiger partial charge in [0.2, 0.25) is 0 Å². The number of halogens is 1. The highest BCUT2D eigenvalue weighted by Gasteiger charge is 2.19. The fourth-order valence-electron chi connectivity index (χ4n) is 1.62. The fourth-order valence-corrected chi connectivity index (χ4v) is 1.85. The number of hydrogen-bond acceptors (Lipinski definition) is 4. The molecule has 1 heterocycles. The average Bonchev–Trinajstić information content (AvgIpc) is 2.78. The van der Waals surface area contributed by atoms with Crippen molar-refractivity contribution in [1.82, 2.24) is 9.78 Å². The summed E-state index contributed by atoms with van der Waals surface area (Å²) in [5.41, 5.74) is 0.538. The number of aryl methyl sites for hydroxylation is 1. The van der Waals surface area contributed by atoms with E-state index in [9.17, 15) is 4.79 Å². The molecule has 0 spiro atoms. The van der Waals surface area contributed by atoms with Gasteiger partial charge < -0.3 is 9.47 Å². The molecule has 1 rings (SSSR count). The van der Waals surface area contributed by atoms with Crippen LogP contribution >= 0.6 is 11.6 Å². The van der Waals surface area contributed by atoms with Gasteiger partial charge in [-0.3, -0.25) is 9.48 Å². The van der Waals surface area contributed by atoms with Crippen LogP contribution in [0.25, 0.3) is 0 Å². The maximum absolute atomic E-state index is 11.1. The molecular weight excluding hydrogens is 304 g/mol. The van der Waals surface area contributed by atoms with Gasteiger partial charge in [0.15, 0.2) is 6.29 Å². The van der Waals surface area contributed by atoms with Gasteiger partial charge >= 0.3 is 0 Å². The van der Waals surface area contributed by atoms with Gasteiger partial charge in [-0.25, -0.2) is 0 Å². The van der Waals surface area contributed by atoms with Crippen LogP contribution in [0.2, 0.25) is 5.02 Å². The van der Waals surface area contributed by atoms with E-state index in [4.69, 9.17) is 21.1 Å². The lowest BCUT2D eigenvalue weighted by Gasteiger charge is -2.17. The third-order valence-corrected chi connectivity index (χ3v) is 3.17. The number of methoxy groups -OCH3 is 1. The minimum atomic E-state index is 0.165. The molecule has 1 aromatic heterocycles. The average molecular weight is 333 g/mol. The highest BCUT2D eigenvalue weighted by atomic mass is 35.5. The number of nitrogens with zero attached hydrogens (tertiary/aromatic N) is 2. The molecule has 0 saturated heterocycles. The van der Waals surface area contributed by atoms with Crippen LogP contribution in [-0.4, -0.2) is 36.4 Å². The Morgan fingerprint density at radius 3 is 2.41 bits per heavy atom. The standard InChI is InChI=1S/C14H23ClN2O3.C2H6/c1-14(2,3)6-7-17-11(10-18)12(15)13(16-17)20-9-5-8-19-4;1-2/h10H,5-9H2,1-4H3;1-2H3. The molecule has 0 saturated carbocycles. The van der Waals surface area contributed by atoms with Crippen LogP contribution in [0.1, 0.15) is 57.9 Å². The van der Waals surface area contributed by atoms with Gasteiger partial charge in [0.1, 0.15) is 10.7 Å². The number of aromatic nitrogens is 2. The van der Waals surface area contributed by atoms with Gasteiger partial charge in [0.05, 0.1) is 6.61 Å². The molecule has 128 valence electrons. The first-order valence-electron chi connectivity index (χ1n) is 7.72. The molecule has 0 aliphatic heterocycles. The monoisotopic (exact) mass is 332 g/mol. The van der Waals surface area contributed by atoms with Crippen LogP contribution in [0.4, 0.5) is 0 Å². The van der Waals surface area contributed by atoms with Crippen LogP contribution in [0.15, 0.2) is 0 Å². The van der Waals surface area contributed by atoms with Crippen molar-refractivity contribution in [2.24, 2.45) is 5.41 Å². The molecule has 0 N–H and O–H groups in total. The van der Waals surface area contributed by atoms with Crippen LogP contribution in [0.3, 0.4) is 0 Å². The zero-order valence-electron chi connectivity index (χ0n) is 14.6. The lowest BCUT2D eigenvalue weighted by Crippen LogP contribution is -2.13. The maximum atomic E-state index is 11.1. The van der Waals surface area contributed by atoms with E-state index in [2.05, 4.69) is 25.9 Å². The molecule has 0 fully saturated rings. The van der Waals surface area contributed by atoms with E-state index < -0.39 is 0 Å². The smallest absolute Gasteiger partial charge is 0.252 e. The molecule has 0 radical (unpaired) electrons. The van der Waals surface area contributed by atoms with Gasteiger partial charge in [-0.05, 0) is 11.8 Å². The van der Waals surface area contributed by atoms with Crippen molar-refractivity contribution >= 4 is 17.9 Å². The van der Waals surface area contributed by atoms with Crippen molar-refractivity contribution in [3.8, 4) is 5.88 Å². The lowest BCUT2D eigenvalue weighted by atomic mass is 9.92. The van der Waals surface area contributed by atoms with E-state index in [0.717, 1.165) is 19.1 Å². The first-order valence-corrected chi connectivity index (χ1v) is 8.10. The molecule has 0 aromatic carbocycles. The Morgan fingerprint density at radius 2 is 1.91 bits per heavy atom. The lowest BCUT2D eigenvalue weighted by molar-refractivity contribution is 0.111. The van der Waals surface area contributed by atoms with E-state index in [1.807, 2.05) is 13.8 Å². The molecule has 0 unspecified atom stereocenters. The highest BCUT2D eigenvalue weighted by Crippen LogP contribution is 2.28. The number of hydrogen-bond donors (Lipinski definition) is 0. The number of carbonyl (C=O) groups is 1.